The zero-order valence-corrected chi connectivity index (χ0v) is 7.75. The van der Waals surface area contributed by atoms with E-state index in [0.717, 1.165) is 32.1 Å². The summed E-state index contributed by atoms with van der Waals surface area (Å²) in [5.74, 6) is -0.159. The van der Waals surface area contributed by atoms with Crippen molar-refractivity contribution >= 4 is 5.97 Å². The second-order valence-electron chi connectivity index (χ2n) is 3.78. The highest BCUT2D eigenvalue weighted by Crippen LogP contribution is 2.33. The van der Waals surface area contributed by atoms with Gasteiger partial charge in [-0.2, -0.15) is 0 Å². The van der Waals surface area contributed by atoms with Crippen LogP contribution < -0.4 is 0 Å². The fourth-order valence-electron chi connectivity index (χ4n) is 2.25. The second-order valence-corrected chi connectivity index (χ2v) is 3.78. The fourth-order valence-corrected chi connectivity index (χ4v) is 2.25. The van der Waals surface area contributed by atoms with E-state index in [2.05, 4.69) is 6.92 Å². The van der Waals surface area contributed by atoms with Crippen molar-refractivity contribution in [2.45, 2.75) is 45.4 Å². The maximum absolute atomic E-state index is 10.8. The van der Waals surface area contributed by atoms with E-state index >= 15 is 0 Å². The lowest BCUT2D eigenvalue weighted by Gasteiger charge is -2.27. The number of carboxylic acids is 1. The van der Waals surface area contributed by atoms with E-state index in [1.807, 2.05) is 0 Å². The summed E-state index contributed by atoms with van der Waals surface area (Å²) < 4.78 is 0. The van der Waals surface area contributed by atoms with Crippen LogP contribution >= 0.6 is 0 Å². The van der Waals surface area contributed by atoms with Crippen molar-refractivity contribution in [2.75, 3.05) is 0 Å². The lowest BCUT2D eigenvalue weighted by molar-refractivity contribution is -0.145. The summed E-state index contributed by atoms with van der Waals surface area (Å²) in [4.78, 5) is 10.8. The number of hydrogen-bond donors (Lipinski definition) is 1. The van der Waals surface area contributed by atoms with Gasteiger partial charge in [0.1, 0.15) is 0 Å². The third-order valence-corrected chi connectivity index (χ3v) is 2.89. The maximum atomic E-state index is 10.8. The van der Waals surface area contributed by atoms with Gasteiger partial charge in [-0.05, 0) is 25.2 Å². The molecular weight excluding hydrogens is 152 g/mol. The first kappa shape index (κ1) is 9.56. The van der Waals surface area contributed by atoms with Crippen molar-refractivity contribution in [1.82, 2.24) is 0 Å². The molecule has 1 N–H and O–H groups in total. The minimum Gasteiger partial charge on any atom is -0.481 e. The van der Waals surface area contributed by atoms with Crippen LogP contribution in [0.3, 0.4) is 0 Å². The van der Waals surface area contributed by atoms with Crippen LogP contribution in [0.2, 0.25) is 0 Å². The van der Waals surface area contributed by atoms with Gasteiger partial charge >= 0.3 is 5.97 Å². The van der Waals surface area contributed by atoms with E-state index < -0.39 is 5.97 Å². The quantitative estimate of drug-likeness (QED) is 0.707. The molecule has 2 atom stereocenters. The zero-order chi connectivity index (χ0) is 8.97. The van der Waals surface area contributed by atoms with Crippen molar-refractivity contribution in [3.05, 3.63) is 0 Å². The average molecular weight is 170 g/mol. The van der Waals surface area contributed by atoms with E-state index in [-0.39, 0.29) is 5.92 Å². The number of hydrogen-bond acceptors (Lipinski definition) is 1. The number of rotatable bonds is 3. The topological polar surface area (TPSA) is 37.3 Å². The summed E-state index contributed by atoms with van der Waals surface area (Å²) in [5.41, 5.74) is 0. The molecule has 12 heavy (non-hydrogen) atoms. The molecule has 1 rings (SSSR count). The molecule has 0 heterocycles. The minimum atomic E-state index is -0.576. The minimum absolute atomic E-state index is 0.0429. The standard InChI is InChI=1S/C10H18O2/c1-2-5-8-6-3-4-7-9(8)10(11)12/h8-9H,2-7H2,1H3,(H,11,12). The van der Waals surface area contributed by atoms with Crippen LogP contribution in [0.1, 0.15) is 45.4 Å². The summed E-state index contributed by atoms with van der Waals surface area (Å²) in [5, 5.41) is 8.94. The molecule has 1 saturated carbocycles. The van der Waals surface area contributed by atoms with Gasteiger partial charge in [0.05, 0.1) is 5.92 Å². The molecule has 0 amide bonds. The van der Waals surface area contributed by atoms with E-state index in [1.165, 1.54) is 6.42 Å². The molecule has 0 aromatic heterocycles. The van der Waals surface area contributed by atoms with Gasteiger partial charge in [-0.3, -0.25) is 4.79 Å². The van der Waals surface area contributed by atoms with Gasteiger partial charge in [0.15, 0.2) is 0 Å². The Bertz CT molecular complexity index is 152. The van der Waals surface area contributed by atoms with Gasteiger partial charge < -0.3 is 5.11 Å². The van der Waals surface area contributed by atoms with Crippen molar-refractivity contribution in [2.24, 2.45) is 11.8 Å². The van der Waals surface area contributed by atoms with Crippen molar-refractivity contribution < 1.29 is 9.90 Å². The van der Waals surface area contributed by atoms with E-state index in [4.69, 9.17) is 5.11 Å². The summed E-state index contributed by atoms with van der Waals surface area (Å²) in [6.45, 7) is 2.13. The Labute approximate surface area is 74.0 Å². The number of carboxylic acid groups (broad SMARTS) is 1. The van der Waals surface area contributed by atoms with Crippen LogP contribution in [0.4, 0.5) is 0 Å². The predicted molar refractivity (Wildman–Crippen MR) is 48.0 cm³/mol. The van der Waals surface area contributed by atoms with E-state index in [1.54, 1.807) is 0 Å². The van der Waals surface area contributed by atoms with Gasteiger partial charge in [0.2, 0.25) is 0 Å². The lowest BCUT2D eigenvalue weighted by Crippen LogP contribution is -2.26. The summed E-state index contributed by atoms with van der Waals surface area (Å²) in [6, 6.07) is 0. The largest absolute Gasteiger partial charge is 0.481 e. The molecule has 0 radical (unpaired) electrons. The third-order valence-electron chi connectivity index (χ3n) is 2.89. The second kappa shape index (κ2) is 4.48. The third kappa shape index (κ3) is 2.23. The Balaban J connectivity index is 2.48. The van der Waals surface area contributed by atoms with Crippen LogP contribution in [0, 0.1) is 11.8 Å². The molecule has 0 aromatic carbocycles. The summed E-state index contributed by atoms with van der Waals surface area (Å²) >= 11 is 0. The molecule has 2 unspecified atom stereocenters. The van der Waals surface area contributed by atoms with E-state index in [0.29, 0.717) is 5.92 Å². The smallest absolute Gasteiger partial charge is 0.306 e. The maximum Gasteiger partial charge on any atom is 0.306 e. The Kier molecular flexibility index (Phi) is 3.57. The Morgan fingerprint density at radius 3 is 2.67 bits per heavy atom. The van der Waals surface area contributed by atoms with Crippen LogP contribution in [0.15, 0.2) is 0 Å². The average Bonchev–Trinajstić information content (AvgIpc) is 2.05. The number of aliphatic carboxylic acids is 1. The highest BCUT2D eigenvalue weighted by Gasteiger charge is 2.29. The van der Waals surface area contributed by atoms with Gasteiger partial charge in [-0.1, -0.05) is 26.2 Å². The number of carbonyl (C=O) groups is 1. The molecule has 0 spiro atoms. The monoisotopic (exact) mass is 170 g/mol. The zero-order valence-electron chi connectivity index (χ0n) is 7.75. The van der Waals surface area contributed by atoms with Crippen LogP contribution in [-0.4, -0.2) is 11.1 Å². The van der Waals surface area contributed by atoms with Gasteiger partial charge in [0.25, 0.3) is 0 Å². The van der Waals surface area contributed by atoms with E-state index in [9.17, 15) is 4.79 Å². The fraction of sp³-hybridized carbons (Fsp3) is 0.900. The summed E-state index contributed by atoms with van der Waals surface area (Å²) in [7, 11) is 0. The molecule has 1 aliphatic carbocycles. The van der Waals surface area contributed by atoms with Crippen molar-refractivity contribution in [1.29, 1.82) is 0 Å². The van der Waals surface area contributed by atoms with Gasteiger partial charge in [-0.25, -0.2) is 0 Å². The summed E-state index contributed by atoms with van der Waals surface area (Å²) in [6.07, 6.45) is 6.59. The predicted octanol–water partition coefficient (Wildman–Crippen LogP) is 2.68. The normalized spacial score (nSPS) is 30.1. The van der Waals surface area contributed by atoms with Gasteiger partial charge in [0, 0.05) is 0 Å². The first-order chi connectivity index (χ1) is 5.75. The molecular formula is C10H18O2. The molecule has 0 bridgehead atoms. The van der Waals surface area contributed by atoms with Crippen LogP contribution in [0.5, 0.6) is 0 Å². The van der Waals surface area contributed by atoms with Crippen LogP contribution in [-0.2, 0) is 4.79 Å². The highest BCUT2D eigenvalue weighted by molar-refractivity contribution is 5.70. The van der Waals surface area contributed by atoms with Gasteiger partial charge in [-0.15, -0.1) is 0 Å². The SMILES string of the molecule is CCCC1CCCCC1C(=O)O. The first-order valence-corrected chi connectivity index (χ1v) is 4.98. The molecule has 2 nitrogen and oxygen atoms in total. The highest BCUT2D eigenvalue weighted by atomic mass is 16.4. The Morgan fingerprint density at radius 1 is 1.42 bits per heavy atom. The molecule has 1 fully saturated rings. The Morgan fingerprint density at radius 2 is 2.08 bits per heavy atom. The molecule has 0 aromatic rings. The van der Waals surface area contributed by atoms with Crippen molar-refractivity contribution in [3.8, 4) is 0 Å². The molecule has 0 saturated heterocycles. The molecule has 70 valence electrons. The lowest BCUT2D eigenvalue weighted by atomic mass is 9.77. The van der Waals surface area contributed by atoms with Crippen molar-refractivity contribution in [3.63, 3.8) is 0 Å². The molecule has 0 aliphatic heterocycles. The molecule has 2 heteroatoms. The Hall–Kier alpha value is -0.530. The first-order valence-electron chi connectivity index (χ1n) is 4.98. The molecule has 1 aliphatic rings. The van der Waals surface area contributed by atoms with Crippen LogP contribution in [0.25, 0.3) is 0 Å².